The average molecular weight is 420 g/mol. The number of carbonyl (C=O) groups excluding carboxylic acids is 3. The van der Waals surface area contributed by atoms with Crippen LogP contribution in [0, 0.1) is 0 Å². The van der Waals surface area contributed by atoms with Gasteiger partial charge in [-0.2, -0.15) is 0 Å². The van der Waals surface area contributed by atoms with Crippen LogP contribution in [0.3, 0.4) is 0 Å². The van der Waals surface area contributed by atoms with E-state index in [4.69, 9.17) is 0 Å². The maximum atomic E-state index is 12.7. The molecule has 0 aromatic carbocycles. The molecule has 146 valence electrons. The zero-order valence-corrected chi connectivity index (χ0v) is 17.4. The van der Waals surface area contributed by atoms with Crippen molar-refractivity contribution in [1.82, 2.24) is 0 Å². The summed E-state index contributed by atoms with van der Waals surface area (Å²) in [6.07, 6.45) is 14.0. The third kappa shape index (κ3) is 3.97. The van der Waals surface area contributed by atoms with Crippen LogP contribution in [0.4, 0.5) is 0 Å². The first kappa shape index (κ1) is 21.7. The molecule has 3 fully saturated rings. The fraction of sp³-hybridized carbons (Fsp3) is 0.762. The molecule has 0 heterocycles. The molecule has 5 heteroatoms. The SMILES string of the molecule is O=C=C1CCCC(P(=C=O)(C2CCCCC2)C2CCCCC2)C1=C=O.[CoH]. The standard InChI is InChI=1S/C21H29O3P.Co.H/c22-14-17-8-7-13-21(20(17)15-23)25(16-24,18-9-3-1-4-10-18)19-11-5-2-6-12-19;;/h18-19,21H,1-13H2;;. The monoisotopic (exact) mass is 420 g/mol. The van der Waals surface area contributed by atoms with Crippen LogP contribution >= 0.6 is 6.89 Å². The molecule has 26 heavy (non-hydrogen) atoms. The fourth-order valence-electron chi connectivity index (χ4n) is 5.65. The summed E-state index contributed by atoms with van der Waals surface area (Å²) in [6, 6.07) is 0. The van der Waals surface area contributed by atoms with Crippen molar-refractivity contribution < 1.29 is 31.2 Å². The summed E-state index contributed by atoms with van der Waals surface area (Å²) in [5, 5.41) is 0. The summed E-state index contributed by atoms with van der Waals surface area (Å²) in [5.41, 5.74) is 4.37. The molecular weight excluding hydrogens is 390 g/mol. The molecular formula is C21H30CoO3P. The summed E-state index contributed by atoms with van der Waals surface area (Å²) in [6.45, 7) is -2.13. The van der Waals surface area contributed by atoms with Gasteiger partial charge >= 0.3 is 16.8 Å². The Morgan fingerprint density at radius 3 is 1.65 bits per heavy atom. The summed E-state index contributed by atoms with van der Waals surface area (Å²) in [5.74, 6) is 4.08. The van der Waals surface area contributed by atoms with Gasteiger partial charge in [0.1, 0.15) is 17.5 Å². The Kier molecular flexibility index (Phi) is 8.43. The van der Waals surface area contributed by atoms with Crippen LogP contribution in [0.15, 0.2) is 11.1 Å². The molecule has 3 aliphatic carbocycles. The van der Waals surface area contributed by atoms with Crippen molar-refractivity contribution in [2.24, 2.45) is 0 Å². The van der Waals surface area contributed by atoms with Gasteiger partial charge in [0.25, 0.3) is 0 Å². The van der Waals surface area contributed by atoms with Gasteiger partial charge in [0.15, 0.2) is 0 Å². The molecule has 3 nitrogen and oxygen atoms in total. The van der Waals surface area contributed by atoms with E-state index < -0.39 is 6.89 Å². The van der Waals surface area contributed by atoms with Crippen molar-refractivity contribution in [3.8, 4) is 0 Å². The van der Waals surface area contributed by atoms with Gasteiger partial charge in [-0.15, -0.1) is 0 Å². The molecule has 0 bridgehead atoms. The van der Waals surface area contributed by atoms with Crippen LogP contribution in [0.2, 0.25) is 0 Å². The first-order valence-electron chi connectivity index (χ1n) is 10.0. The Morgan fingerprint density at radius 1 is 0.692 bits per heavy atom. The van der Waals surface area contributed by atoms with Gasteiger partial charge in [0.2, 0.25) is 0 Å². The van der Waals surface area contributed by atoms with Gasteiger partial charge in [0.05, 0.1) is 11.1 Å². The zero-order chi connectivity index (χ0) is 17.7. The molecule has 0 amide bonds. The maximum absolute atomic E-state index is 12.7. The topological polar surface area (TPSA) is 51.2 Å². The Balaban J connectivity index is 0.00000243. The van der Waals surface area contributed by atoms with E-state index >= 15 is 0 Å². The summed E-state index contributed by atoms with van der Waals surface area (Å²) in [7, 11) is 0. The van der Waals surface area contributed by atoms with Gasteiger partial charge in [0, 0.05) is 5.66 Å². The van der Waals surface area contributed by atoms with Crippen LogP contribution < -0.4 is 0 Å². The minimum atomic E-state index is -2.13. The van der Waals surface area contributed by atoms with E-state index in [1.807, 2.05) is 5.94 Å². The Hall–Kier alpha value is -0.584. The molecule has 0 aliphatic heterocycles. The van der Waals surface area contributed by atoms with Gasteiger partial charge < -0.3 is 0 Å². The number of allylic oxidation sites excluding steroid dienone is 2. The van der Waals surface area contributed by atoms with Crippen molar-refractivity contribution in [3.05, 3.63) is 11.1 Å². The van der Waals surface area contributed by atoms with Gasteiger partial charge in [-0.05, 0) is 63.1 Å². The number of rotatable bonds is 3. The van der Waals surface area contributed by atoms with Crippen LogP contribution in [0.25, 0.3) is 0 Å². The van der Waals surface area contributed by atoms with Gasteiger partial charge in [-0.3, -0.25) is 0 Å². The Bertz CT molecular complexity index is 647. The zero-order valence-electron chi connectivity index (χ0n) is 15.4. The number of hydrogen-bond acceptors (Lipinski definition) is 3. The van der Waals surface area contributed by atoms with Crippen molar-refractivity contribution >= 4 is 24.4 Å². The minimum absolute atomic E-state index is 0. The predicted molar refractivity (Wildman–Crippen MR) is 104 cm³/mol. The Labute approximate surface area is 167 Å². The van der Waals surface area contributed by atoms with Crippen molar-refractivity contribution in [3.63, 3.8) is 0 Å². The third-order valence-electron chi connectivity index (χ3n) is 6.83. The molecule has 0 saturated heterocycles. The van der Waals surface area contributed by atoms with E-state index in [1.165, 1.54) is 38.5 Å². The summed E-state index contributed by atoms with van der Waals surface area (Å²) in [4.78, 5) is 35.8. The van der Waals surface area contributed by atoms with E-state index in [-0.39, 0.29) is 22.4 Å². The van der Waals surface area contributed by atoms with Crippen LogP contribution in [-0.4, -0.2) is 34.5 Å². The molecule has 1 radical (unpaired) electrons. The average Bonchev–Trinajstić information content (AvgIpc) is 2.70. The first-order valence-corrected chi connectivity index (χ1v) is 12.0. The molecule has 0 N–H and O–H groups in total. The second-order valence-electron chi connectivity index (χ2n) is 8.01. The van der Waals surface area contributed by atoms with Gasteiger partial charge in [-0.1, -0.05) is 38.5 Å². The second-order valence-corrected chi connectivity index (χ2v) is 11.9. The summed E-state index contributed by atoms with van der Waals surface area (Å²) < 4.78 is 0. The molecule has 1 atom stereocenters. The van der Waals surface area contributed by atoms with Crippen LogP contribution in [0.5, 0.6) is 0 Å². The predicted octanol–water partition coefficient (Wildman–Crippen LogP) is 4.53. The number of hydrogen-bond donors (Lipinski definition) is 0. The molecule has 1 unspecified atom stereocenters. The summed E-state index contributed by atoms with van der Waals surface area (Å²) >= 11 is 0. The molecule has 3 saturated carbocycles. The normalized spacial score (nSPS) is 25.6. The fourth-order valence-corrected chi connectivity index (χ4v) is 11.4. The second kappa shape index (κ2) is 10.1. The molecule has 0 aromatic rings. The quantitative estimate of drug-likeness (QED) is 0.498. The first-order chi connectivity index (χ1) is 12.3. The van der Waals surface area contributed by atoms with E-state index in [0.717, 1.165) is 38.5 Å². The molecule has 3 aliphatic rings. The van der Waals surface area contributed by atoms with E-state index in [0.29, 0.717) is 28.9 Å². The molecule has 0 aromatic heterocycles. The van der Waals surface area contributed by atoms with E-state index in [9.17, 15) is 14.4 Å². The van der Waals surface area contributed by atoms with Crippen molar-refractivity contribution in [2.45, 2.75) is 100 Å². The third-order valence-corrected chi connectivity index (χ3v) is 12.1. The molecule has 0 spiro atoms. The molecule has 3 rings (SSSR count). The van der Waals surface area contributed by atoms with Crippen LogP contribution in [0.1, 0.15) is 83.5 Å². The van der Waals surface area contributed by atoms with Gasteiger partial charge in [-0.25, -0.2) is 14.4 Å². The van der Waals surface area contributed by atoms with Crippen molar-refractivity contribution in [2.75, 3.05) is 0 Å². The van der Waals surface area contributed by atoms with E-state index in [1.54, 1.807) is 0 Å². The van der Waals surface area contributed by atoms with Crippen molar-refractivity contribution in [1.29, 1.82) is 0 Å². The Morgan fingerprint density at radius 2 is 1.23 bits per heavy atom. The van der Waals surface area contributed by atoms with E-state index in [2.05, 4.69) is 11.6 Å². The van der Waals surface area contributed by atoms with Crippen LogP contribution in [-0.2, 0) is 31.2 Å².